The maximum Gasteiger partial charge on any atom is 0.282 e. The Morgan fingerprint density at radius 1 is 0.909 bits per heavy atom. The van der Waals surface area contributed by atoms with E-state index in [0.29, 0.717) is 53.0 Å². The molecule has 0 N–H and O–H groups in total. The van der Waals surface area contributed by atoms with E-state index in [0.717, 1.165) is 6.42 Å². The number of hydrogen-bond acceptors (Lipinski definition) is 4. The summed E-state index contributed by atoms with van der Waals surface area (Å²) < 4.78 is 5.60. The number of carbonyl (C=O) groups is 2. The van der Waals surface area contributed by atoms with Crippen molar-refractivity contribution in [3.05, 3.63) is 100 Å². The summed E-state index contributed by atoms with van der Waals surface area (Å²) in [7, 11) is 0. The smallest absolute Gasteiger partial charge is 0.282 e. The monoisotopic (exact) mass is 458 g/mol. The number of halogens is 1. The normalized spacial score (nSPS) is 15.8. The minimum absolute atomic E-state index is 0.321. The van der Waals surface area contributed by atoms with Gasteiger partial charge < -0.3 is 9.64 Å². The number of benzene rings is 3. The summed E-state index contributed by atoms with van der Waals surface area (Å²) in [5, 5.41) is 0.575. The van der Waals surface area contributed by atoms with Gasteiger partial charge in [0.05, 0.1) is 17.9 Å². The molecule has 2 amide bonds. The first-order chi connectivity index (χ1) is 16.1. The fourth-order valence-electron chi connectivity index (χ4n) is 4.49. The zero-order valence-electron chi connectivity index (χ0n) is 18.3. The summed E-state index contributed by atoms with van der Waals surface area (Å²) in [6.07, 6.45) is 0.814. The first-order valence-electron chi connectivity index (χ1n) is 11.0. The molecule has 0 aromatic heterocycles. The minimum Gasteiger partial charge on any atom is -0.494 e. The standard InChI is InChI=1S/C27H23ClN2O3/c1-2-33-23-9-5-8-22(16-23)30-26(31)24(19-10-12-21(28)13-11-19)25(27(30)32)29-15-14-18-6-3-4-7-20(18)17-29/h3-13,16H,2,14-15,17H2,1H3. The lowest BCUT2D eigenvalue weighted by molar-refractivity contribution is -0.120. The number of rotatable bonds is 5. The Morgan fingerprint density at radius 3 is 2.42 bits per heavy atom. The highest BCUT2D eigenvalue weighted by molar-refractivity contribution is 6.45. The van der Waals surface area contributed by atoms with Gasteiger partial charge in [-0.15, -0.1) is 0 Å². The van der Waals surface area contributed by atoms with Gasteiger partial charge in [-0.2, -0.15) is 0 Å². The number of amides is 2. The Hall–Kier alpha value is -3.57. The Labute approximate surface area is 197 Å². The van der Waals surface area contributed by atoms with E-state index < -0.39 is 0 Å². The van der Waals surface area contributed by atoms with E-state index in [-0.39, 0.29) is 11.8 Å². The van der Waals surface area contributed by atoms with E-state index in [9.17, 15) is 9.59 Å². The number of hydrogen-bond donors (Lipinski definition) is 0. The molecule has 0 atom stereocenters. The fourth-order valence-corrected chi connectivity index (χ4v) is 4.61. The van der Waals surface area contributed by atoms with Crippen LogP contribution in [0.1, 0.15) is 23.6 Å². The second kappa shape index (κ2) is 8.75. The Balaban J connectivity index is 1.60. The molecule has 166 valence electrons. The highest BCUT2D eigenvalue weighted by atomic mass is 35.5. The number of imide groups is 1. The molecule has 0 fully saturated rings. The molecule has 0 saturated carbocycles. The predicted octanol–water partition coefficient (Wildman–Crippen LogP) is 5.08. The van der Waals surface area contributed by atoms with Crippen LogP contribution < -0.4 is 9.64 Å². The maximum absolute atomic E-state index is 13.8. The van der Waals surface area contributed by atoms with Gasteiger partial charge in [0.25, 0.3) is 11.8 Å². The predicted molar refractivity (Wildman–Crippen MR) is 129 cm³/mol. The average molecular weight is 459 g/mol. The molecule has 0 spiro atoms. The van der Waals surface area contributed by atoms with Gasteiger partial charge in [0.2, 0.25) is 0 Å². The molecule has 0 unspecified atom stereocenters. The first-order valence-corrected chi connectivity index (χ1v) is 11.4. The van der Waals surface area contributed by atoms with Gasteiger partial charge in [0, 0.05) is 24.2 Å². The van der Waals surface area contributed by atoms with Crippen molar-refractivity contribution in [1.29, 1.82) is 0 Å². The summed E-state index contributed by atoms with van der Waals surface area (Å²) in [6, 6.07) is 22.4. The zero-order chi connectivity index (χ0) is 22.9. The van der Waals surface area contributed by atoms with Crippen LogP contribution in [0.5, 0.6) is 5.75 Å². The minimum atomic E-state index is -0.343. The molecule has 0 saturated heterocycles. The van der Waals surface area contributed by atoms with Gasteiger partial charge >= 0.3 is 0 Å². The number of nitrogens with zero attached hydrogens (tertiary/aromatic N) is 2. The molecule has 0 bridgehead atoms. The first kappa shape index (κ1) is 21.3. The van der Waals surface area contributed by atoms with Gasteiger partial charge in [0.1, 0.15) is 11.4 Å². The number of ether oxygens (including phenoxy) is 1. The molecule has 5 rings (SSSR count). The molecule has 3 aromatic rings. The van der Waals surface area contributed by atoms with Crippen LogP contribution in [0, 0.1) is 0 Å². The zero-order valence-corrected chi connectivity index (χ0v) is 19.0. The van der Waals surface area contributed by atoms with Gasteiger partial charge in [0.15, 0.2) is 0 Å². The third kappa shape index (κ3) is 3.89. The van der Waals surface area contributed by atoms with E-state index in [2.05, 4.69) is 12.1 Å². The average Bonchev–Trinajstić information content (AvgIpc) is 3.09. The van der Waals surface area contributed by atoms with Crippen molar-refractivity contribution in [2.75, 3.05) is 18.1 Å². The molecule has 33 heavy (non-hydrogen) atoms. The van der Waals surface area contributed by atoms with Crippen molar-refractivity contribution >= 4 is 34.7 Å². The van der Waals surface area contributed by atoms with Gasteiger partial charge in [-0.1, -0.05) is 54.1 Å². The molecule has 5 nitrogen and oxygen atoms in total. The number of anilines is 1. The van der Waals surface area contributed by atoms with Crippen LogP contribution in [0.25, 0.3) is 5.57 Å². The van der Waals surface area contributed by atoms with E-state index in [1.807, 2.05) is 30.0 Å². The molecule has 0 aliphatic carbocycles. The molecular formula is C27H23ClN2O3. The topological polar surface area (TPSA) is 49.9 Å². The molecule has 3 aromatic carbocycles. The van der Waals surface area contributed by atoms with Gasteiger partial charge in [-0.05, 0) is 54.3 Å². The van der Waals surface area contributed by atoms with Crippen LogP contribution in [-0.2, 0) is 22.6 Å². The van der Waals surface area contributed by atoms with Crippen LogP contribution in [0.2, 0.25) is 5.02 Å². The summed E-state index contributed by atoms with van der Waals surface area (Å²) in [4.78, 5) is 30.8. The van der Waals surface area contributed by atoms with E-state index in [4.69, 9.17) is 16.3 Å². The lowest BCUT2D eigenvalue weighted by atomic mass is 9.98. The molecule has 6 heteroatoms. The van der Waals surface area contributed by atoms with E-state index in [1.54, 1.807) is 42.5 Å². The summed E-state index contributed by atoms with van der Waals surface area (Å²) in [6.45, 7) is 3.63. The number of carbonyl (C=O) groups excluding carboxylic acids is 2. The van der Waals surface area contributed by atoms with Gasteiger partial charge in [-0.25, -0.2) is 4.90 Å². The molecule has 2 aliphatic heterocycles. The highest BCUT2D eigenvalue weighted by Gasteiger charge is 2.43. The lowest BCUT2D eigenvalue weighted by Gasteiger charge is -2.31. The van der Waals surface area contributed by atoms with E-state index >= 15 is 0 Å². The number of fused-ring (bicyclic) bond motifs is 1. The van der Waals surface area contributed by atoms with Crippen molar-refractivity contribution < 1.29 is 14.3 Å². The second-order valence-corrected chi connectivity index (χ2v) is 8.48. The Kier molecular flexibility index (Phi) is 5.65. The molecule has 2 heterocycles. The van der Waals surface area contributed by atoms with Crippen LogP contribution >= 0.6 is 11.6 Å². The SMILES string of the molecule is CCOc1cccc(N2C(=O)C(c3ccc(Cl)cc3)=C(N3CCc4ccccc4C3)C2=O)c1. The van der Waals surface area contributed by atoms with Crippen LogP contribution in [-0.4, -0.2) is 29.9 Å². The van der Waals surface area contributed by atoms with Crippen LogP contribution in [0.4, 0.5) is 5.69 Å². The third-order valence-corrected chi connectivity index (χ3v) is 6.28. The largest absolute Gasteiger partial charge is 0.494 e. The van der Waals surface area contributed by atoms with E-state index in [1.165, 1.54) is 16.0 Å². The summed E-state index contributed by atoms with van der Waals surface area (Å²) in [5.74, 6) is -0.0493. The maximum atomic E-state index is 13.8. The van der Waals surface area contributed by atoms with Crippen molar-refractivity contribution in [3.63, 3.8) is 0 Å². The Morgan fingerprint density at radius 2 is 1.67 bits per heavy atom. The van der Waals surface area contributed by atoms with Crippen LogP contribution in [0.15, 0.2) is 78.5 Å². The second-order valence-electron chi connectivity index (χ2n) is 8.05. The van der Waals surface area contributed by atoms with Crippen molar-refractivity contribution in [2.24, 2.45) is 0 Å². The molecule has 0 radical (unpaired) electrons. The highest BCUT2D eigenvalue weighted by Crippen LogP contribution is 2.37. The fraction of sp³-hybridized carbons (Fsp3) is 0.185. The van der Waals surface area contributed by atoms with Crippen molar-refractivity contribution in [1.82, 2.24) is 4.90 Å². The quantitative estimate of drug-likeness (QED) is 0.500. The van der Waals surface area contributed by atoms with Gasteiger partial charge in [-0.3, -0.25) is 9.59 Å². The third-order valence-electron chi connectivity index (χ3n) is 6.03. The van der Waals surface area contributed by atoms with Crippen molar-refractivity contribution in [3.8, 4) is 5.75 Å². The Bertz CT molecular complexity index is 1270. The molecular weight excluding hydrogens is 436 g/mol. The van der Waals surface area contributed by atoms with Crippen LogP contribution in [0.3, 0.4) is 0 Å². The lowest BCUT2D eigenvalue weighted by Crippen LogP contribution is -2.37. The van der Waals surface area contributed by atoms with Crippen molar-refractivity contribution in [2.45, 2.75) is 19.9 Å². The summed E-state index contributed by atoms with van der Waals surface area (Å²) in [5.41, 5.74) is 4.45. The summed E-state index contributed by atoms with van der Waals surface area (Å²) >= 11 is 6.09. The molecule has 2 aliphatic rings.